The van der Waals surface area contributed by atoms with Crippen LogP contribution in [-0.4, -0.2) is 34.0 Å². The number of sulfonamides is 1. The summed E-state index contributed by atoms with van der Waals surface area (Å²) in [5.74, 6) is -1.44. The van der Waals surface area contributed by atoms with E-state index in [-0.39, 0.29) is 6.01 Å². The molecule has 0 aliphatic rings. The van der Waals surface area contributed by atoms with Crippen LogP contribution in [0.3, 0.4) is 0 Å². The van der Waals surface area contributed by atoms with E-state index in [4.69, 9.17) is 9.47 Å². The van der Waals surface area contributed by atoms with Crippen molar-refractivity contribution in [3.05, 3.63) is 71.8 Å². The highest BCUT2D eigenvalue weighted by atomic mass is 32.2. The number of pyridine rings is 1. The van der Waals surface area contributed by atoms with Gasteiger partial charge in [-0.2, -0.15) is 13.2 Å². The van der Waals surface area contributed by atoms with E-state index in [2.05, 4.69) is 15.0 Å². The molecular weight excluding hydrogens is 513 g/mol. The first-order valence-electron chi connectivity index (χ1n) is 10.9. The van der Waals surface area contributed by atoms with Crippen molar-refractivity contribution in [1.29, 1.82) is 0 Å². The number of rotatable bonds is 7. The van der Waals surface area contributed by atoms with E-state index < -0.39 is 49.3 Å². The number of amides is 1. The molecule has 2 heterocycles. The molecule has 0 aliphatic heterocycles. The van der Waals surface area contributed by atoms with Crippen LogP contribution in [0, 0.1) is 0 Å². The highest BCUT2D eigenvalue weighted by Crippen LogP contribution is 2.40. The standard InChI is InChI=1S/C24H25F3N4O5S/c1-22(2,3)37(33,34)31-20(32)15-7-9-18(17(13-15)24(25,26)27)36-23(4,5)19-10-8-16(14-30-19)35-21-28-11-6-12-29-21/h6-14H,1-5H3,(H,31,32). The molecule has 0 spiro atoms. The average molecular weight is 539 g/mol. The fourth-order valence-electron chi connectivity index (χ4n) is 2.88. The lowest BCUT2D eigenvalue weighted by Gasteiger charge is -2.28. The van der Waals surface area contributed by atoms with Crippen LogP contribution in [0.1, 0.15) is 56.2 Å². The minimum absolute atomic E-state index is 0.0989. The lowest BCUT2D eigenvalue weighted by Crippen LogP contribution is -2.42. The lowest BCUT2D eigenvalue weighted by atomic mass is 10.0. The Morgan fingerprint density at radius 2 is 1.59 bits per heavy atom. The SMILES string of the molecule is CC(C)(Oc1ccc(C(=O)NS(=O)(=O)C(C)(C)C)cc1C(F)(F)F)c1ccc(Oc2ncccn2)cn1. The molecule has 0 fully saturated rings. The second kappa shape index (κ2) is 9.96. The van der Waals surface area contributed by atoms with Gasteiger partial charge in [-0.1, -0.05) is 0 Å². The number of ether oxygens (including phenoxy) is 2. The van der Waals surface area contributed by atoms with Gasteiger partial charge < -0.3 is 9.47 Å². The molecule has 2 aromatic heterocycles. The van der Waals surface area contributed by atoms with Gasteiger partial charge in [-0.25, -0.2) is 23.1 Å². The Bertz CT molecular complexity index is 1370. The van der Waals surface area contributed by atoms with Gasteiger partial charge in [0.25, 0.3) is 5.91 Å². The van der Waals surface area contributed by atoms with Crippen molar-refractivity contribution in [3.63, 3.8) is 0 Å². The van der Waals surface area contributed by atoms with Gasteiger partial charge in [0.1, 0.15) is 17.1 Å². The number of alkyl halides is 3. The van der Waals surface area contributed by atoms with Crippen molar-refractivity contribution in [2.75, 3.05) is 0 Å². The highest BCUT2D eigenvalue weighted by Gasteiger charge is 2.38. The predicted molar refractivity (Wildman–Crippen MR) is 128 cm³/mol. The molecule has 1 aromatic carbocycles. The summed E-state index contributed by atoms with van der Waals surface area (Å²) in [6.45, 7) is 7.10. The molecule has 0 radical (unpaired) electrons. The highest BCUT2D eigenvalue weighted by molar-refractivity contribution is 7.91. The topological polar surface area (TPSA) is 120 Å². The number of carbonyl (C=O) groups is 1. The smallest absolute Gasteiger partial charge is 0.419 e. The predicted octanol–water partition coefficient (Wildman–Crippen LogP) is 4.85. The monoisotopic (exact) mass is 538 g/mol. The molecule has 0 saturated carbocycles. The number of halogens is 3. The van der Waals surface area contributed by atoms with Crippen LogP contribution < -0.4 is 14.2 Å². The third-order valence-corrected chi connectivity index (χ3v) is 7.12. The van der Waals surface area contributed by atoms with Gasteiger partial charge in [0.05, 0.1) is 22.2 Å². The maximum Gasteiger partial charge on any atom is 0.419 e. The van der Waals surface area contributed by atoms with E-state index in [1.807, 2.05) is 0 Å². The maximum absolute atomic E-state index is 13.9. The van der Waals surface area contributed by atoms with Crippen LogP contribution in [0.4, 0.5) is 13.2 Å². The second-order valence-electron chi connectivity index (χ2n) is 9.38. The first kappa shape index (κ1) is 27.8. The molecule has 3 rings (SSSR count). The average Bonchev–Trinajstić information content (AvgIpc) is 2.78. The number of nitrogens with one attached hydrogen (secondary N) is 1. The molecule has 0 bridgehead atoms. The molecule has 13 heteroatoms. The summed E-state index contributed by atoms with van der Waals surface area (Å²) in [5, 5.41) is 0. The molecule has 0 saturated heterocycles. The molecular formula is C24H25F3N4O5S. The Morgan fingerprint density at radius 3 is 2.14 bits per heavy atom. The lowest BCUT2D eigenvalue weighted by molar-refractivity contribution is -0.139. The van der Waals surface area contributed by atoms with Gasteiger partial charge in [0.2, 0.25) is 10.0 Å². The number of carbonyl (C=O) groups excluding carboxylic acids is 1. The number of hydrogen-bond acceptors (Lipinski definition) is 8. The summed E-state index contributed by atoms with van der Waals surface area (Å²) in [6, 6.07) is 7.34. The fourth-order valence-corrected chi connectivity index (χ4v) is 3.55. The Balaban J connectivity index is 1.86. The number of benzene rings is 1. The second-order valence-corrected chi connectivity index (χ2v) is 11.8. The summed E-state index contributed by atoms with van der Waals surface area (Å²) in [5.41, 5.74) is -2.78. The quantitative estimate of drug-likeness (QED) is 0.453. The first-order chi connectivity index (χ1) is 17.0. The number of aromatic nitrogens is 3. The summed E-state index contributed by atoms with van der Waals surface area (Å²) < 4.78 is 77.8. The molecule has 9 nitrogen and oxygen atoms in total. The van der Waals surface area contributed by atoms with Crippen molar-refractivity contribution in [3.8, 4) is 17.5 Å². The maximum atomic E-state index is 13.9. The van der Waals surface area contributed by atoms with Gasteiger partial charge in [0, 0.05) is 18.0 Å². The molecule has 3 aromatic rings. The van der Waals surface area contributed by atoms with E-state index in [1.54, 1.807) is 10.8 Å². The zero-order valence-electron chi connectivity index (χ0n) is 20.6. The third kappa shape index (κ3) is 6.73. The van der Waals surface area contributed by atoms with E-state index in [0.717, 1.165) is 12.1 Å². The minimum atomic E-state index is -4.90. The summed E-state index contributed by atoms with van der Waals surface area (Å²) in [6.07, 6.45) is -0.550. The van der Waals surface area contributed by atoms with Gasteiger partial charge >= 0.3 is 12.2 Å². The van der Waals surface area contributed by atoms with Gasteiger partial charge in [-0.3, -0.25) is 9.78 Å². The van der Waals surface area contributed by atoms with Crippen LogP contribution >= 0.6 is 0 Å². The van der Waals surface area contributed by atoms with Crippen molar-refractivity contribution in [2.24, 2.45) is 0 Å². The van der Waals surface area contributed by atoms with Gasteiger partial charge in [-0.05, 0) is 71.0 Å². The van der Waals surface area contributed by atoms with Crippen LogP contribution in [0.25, 0.3) is 0 Å². The molecule has 198 valence electrons. The van der Waals surface area contributed by atoms with E-state index in [9.17, 15) is 26.4 Å². The zero-order valence-corrected chi connectivity index (χ0v) is 21.4. The Kier molecular flexibility index (Phi) is 7.49. The van der Waals surface area contributed by atoms with Crippen LogP contribution in [-0.2, 0) is 21.8 Å². The number of nitrogens with zero attached hydrogens (tertiary/aromatic N) is 3. The van der Waals surface area contributed by atoms with Crippen LogP contribution in [0.15, 0.2) is 55.0 Å². The number of hydrogen-bond donors (Lipinski definition) is 1. The van der Waals surface area contributed by atoms with Crippen molar-refractivity contribution < 1.29 is 35.9 Å². The van der Waals surface area contributed by atoms with Gasteiger partial charge in [0.15, 0.2) is 0 Å². The van der Waals surface area contributed by atoms with E-state index in [0.29, 0.717) is 17.5 Å². The van der Waals surface area contributed by atoms with Crippen molar-refractivity contribution in [1.82, 2.24) is 19.7 Å². The summed E-state index contributed by atoms with van der Waals surface area (Å²) in [7, 11) is -4.13. The zero-order chi connectivity index (χ0) is 27.6. The Labute approximate surface area is 212 Å². The van der Waals surface area contributed by atoms with Crippen molar-refractivity contribution in [2.45, 2.75) is 51.1 Å². The van der Waals surface area contributed by atoms with Crippen molar-refractivity contribution >= 4 is 15.9 Å². The van der Waals surface area contributed by atoms with Crippen LogP contribution in [0.5, 0.6) is 17.5 Å². The normalized spacial score (nSPS) is 12.6. The Morgan fingerprint density at radius 1 is 0.946 bits per heavy atom. The fraction of sp³-hybridized carbons (Fsp3) is 0.333. The first-order valence-corrected chi connectivity index (χ1v) is 12.4. The molecule has 0 unspecified atom stereocenters. The molecule has 1 N–H and O–H groups in total. The minimum Gasteiger partial charge on any atom is -0.481 e. The molecule has 1 amide bonds. The molecule has 0 aliphatic carbocycles. The molecule has 37 heavy (non-hydrogen) atoms. The van der Waals surface area contributed by atoms with E-state index in [1.165, 1.54) is 65.3 Å². The largest absolute Gasteiger partial charge is 0.481 e. The Hall–Kier alpha value is -3.74. The summed E-state index contributed by atoms with van der Waals surface area (Å²) >= 11 is 0. The third-order valence-electron chi connectivity index (χ3n) is 5.05. The summed E-state index contributed by atoms with van der Waals surface area (Å²) in [4.78, 5) is 24.5. The van der Waals surface area contributed by atoms with Crippen LogP contribution in [0.2, 0.25) is 0 Å². The van der Waals surface area contributed by atoms with E-state index >= 15 is 0 Å². The van der Waals surface area contributed by atoms with Gasteiger partial charge in [-0.15, -0.1) is 0 Å². The molecule has 0 atom stereocenters.